The number of halogens is 2. The Balaban J connectivity index is 1.53. The number of amides is 1. The van der Waals surface area contributed by atoms with Gasteiger partial charge in [0.05, 0.1) is 19.8 Å². The van der Waals surface area contributed by atoms with Crippen LogP contribution in [-0.2, 0) is 17.6 Å². The van der Waals surface area contributed by atoms with Crippen LogP contribution in [0.1, 0.15) is 17.7 Å². The number of aromatic amines is 1. The molecule has 0 radical (unpaired) electrons. The summed E-state index contributed by atoms with van der Waals surface area (Å²) in [5.74, 6) is 0.418. The molecule has 3 aromatic rings. The van der Waals surface area contributed by atoms with Gasteiger partial charge in [-0.15, -0.1) is 10.2 Å². The molecule has 0 saturated carbocycles. The Bertz CT molecular complexity index is 1170. The first-order valence-corrected chi connectivity index (χ1v) is 10.2. The highest BCUT2D eigenvalue weighted by atomic mass is 35.5. The van der Waals surface area contributed by atoms with E-state index < -0.39 is 11.4 Å². The lowest BCUT2D eigenvalue weighted by atomic mass is 10.1. The lowest BCUT2D eigenvalue weighted by Gasteiger charge is -2.10. The third-order valence-corrected chi connectivity index (χ3v) is 4.96. The number of hydrogen-bond acceptors (Lipinski definition) is 6. The van der Waals surface area contributed by atoms with E-state index in [-0.39, 0.29) is 35.8 Å². The predicted octanol–water partition coefficient (Wildman–Crippen LogP) is 2.93. The van der Waals surface area contributed by atoms with Gasteiger partial charge in [-0.2, -0.15) is 0 Å². The fourth-order valence-electron chi connectivity index (χ4n) is 3.03. The van der Waals surface area contributed by atoms with Gasteiger partial charge in [-0.3, -0.25) is 9.59 Å². The van der Waals surface area contributed by atoms with Crippen molar-refractivity contribution in [3.8, 4) is 22.9 Å². The number of carbonyl (C=O) groups is 1. The van der Waals surface area contributed by atoms with Gasteiger partial charge >= 0.3 is 0 Å². The number of nitrogens with zero attached hydrogens (tertiary/aromatic N) is 2. The Morgan fingerprint density at radius 1 is 1.09 bits per heavy atom. The first-order chi connectivity index (χ1) is 15.4. The number of methoxy groups -OCH3 is 2. The van der Waals surface area contributed by atoms with Crippen molar-refractivity contribution in [1.82, 2.24) is 20.5 Å². The zero-order chi connectivity index (χ0) is 23.1. The second kappa shape index (κ2) is 10.7. The van der Waals surface area contributed by atoms with Gasteiger partial charge in [-0.05, 0) is 42.3 Å². The molecule has 0 atom stereocenters. The van der Waals surface area contributed by atoms with Crippen molar-refractivity contribution in [2.24, 2.45) is 0 Å². The summed E-state index contributed by atoms with van der Waals surface area (Å²) >= 11 is 5.87. The summed E-state index contributed by atoms with van der Waals surface area (Å²) in [5, 5.41) is 10.8. The molecule has 0 saturated heterocycles. The Morgan fingerprint density at radius 3 is 2.59 bits per heavy atom. The first-order valence-electron chi connectivity index (χ1n) is 9.80. The lowest BCUT2D eigenvalue weighted by molar-refractivity contribution is -0.121. The minimum atomic E-state index is -0.582. The van der Waals surface area contributed by atoms with Crippen molar-refractivity contribution in [2.75, 3.05) is 20.8 Å². The maximum Gasteiger partial charge on any atom is 0.273 e. The number of ether oxygens (including phenoxy) is 2. The molecular formula is C22H22ClFN4O4. The lowest BCUT2D eigenvalue weighted by Crippen LogP contribution is -2.27. The molecular weight excluding hydrogens is 439 g/mol. The smallest absolute Gasteiger partial charge is 0.273 e. The van der Waals surface area contributed by atoms with E-state index >= 15 is 0 Å². The van der Waals surface area contributed by atoms with Crippen LogP contribution < -0.4 is 20.3 Å². The second-order valence-electron chi connectivity index (χ2n) is 6.86. The van der Waals surface area contributed by atoms with Crippen molar-refractivity contribution in [3.63, 3.8) is 0 Å². The average molecular weight is 461 g/mol. The molecule has 0 bridgehead atoms. The largest absolute Gasteiger partial charge is 0.493 e. The fourth-order valence-corrected chi connectivity index (χ4v) is 3.20. The highest BCUT2D eigenvalue weighted by Crippen LogP contribution is 2.27. The molecule has 0 aliphatic rings. The molecule has 1 amide bonds. The number of carbonyl (C=O) groups excluding carboxylic acids is 1. The summed E-state index contributed by atoms with van der Waals surface area (Å²) in [6, 6.07) is 9.47. The van der Waals surface area contributed by atoms with Crippen LogP contribution >= 0.6 is 11.6 Å². The number of rotatable bonds is 9. The predicted molar refractivity (Wildman–Crippen MR) is 118 cm³/mol. The van der Waals surface area contributed by atoms with E-state index in [0.717, 1.165) is 5.56 Å². The summed E-state index contributed by atoms with van der Waals surface area (Å²) in [7, 11) is 3.13. The maximum atomic E-state index is 13.9. The third kappa shape index (κ3) is 5.82. The van der Waals surface area contributed by atoms with Crippen molar-refractivity contribution in [1.29, 1.82) is 0 Å². The van der Waals surface area contributed by atoms with E-state index in [1.807, 2.05) is 12.1 Å². The van der Waals surface area contributed by atoms with Gasteiger partial charge in [0.2, 0.25) is 5.91 Å². The van der Waals surface area contributed by atoms with E-state index in [1.54, 1.807) is 20.3 Å². The second-order valence-corrected chi connectivity index (χ2v) is 7.30. The minimum absolute atomic E-state index is 0.0295. The summed E-state index contributed by atoms with van der Waals surface area (Å²) in [5.41, 5.74) is 0.578. The normalized spacial score (nSPS) is 10.6. The average Bonchev–Trinajstić information content (AvgIpc) is 2.79. The number of benzene rings is 2. The molecule has 1 aromatic heterocycles. The van der Waals surface area contributed by atoms with Gasteiger partial charge in [0.15, 0.2) is 17.3 Å². The monoisotopic (exact) mass is 460 g/mol. The first kappa shape index (κ1) is 23.2. The fraction of sp³-hybridized carbons (Fsp3) is 0.273. The Hall–Kier alpha value is -3.46. The summed E-state index contributed by atoms with van der Waals surface area (Å²) in [6.45, 7) is 0.420. The third-order valence-electron chi connectivity index (χ3n) is 4.72. The van der Waals surface area contributed by atoms with Crippen LogP contribution in [0.5, 0.6) is 11.5 Å². The highest BCUT2D eigenvalue weighted by Gasteiger charge is 2.13. The number of hydrogen-bond donors (Lipinski definition) is 2. The summed E-state index contributed by atoms with van der Waals surface area (Å²) in [6.07, 6.45) is 0.768. The quantitative estimate of drug-likeness (QED) is 0.508. The number of aryl methyl sites for hydroxylation is 1. The van der Waals surface area contributed by atoms with E-state index in [4.69, 9.17) is 21.1 Å². The van der Waals surface area contributed by atoms with Crippen LogP contribution in [0.3, 0.4) is 0 Å². The minimum Gasteiger partial charge on any atom is -0.493 e. The molecule has 0 spiro atoms. The molecule has 1 heterocycles. The molecule has 0 aliphatic carbocycles. The molecule has 0 aliphatic heterocycles. The van der Waals surface area contributed by atoms with Crippen molar-refractivity contribution in [2.45, 2.75) is 19.3 Å². The van der Waals surface area contributed by atoms with Crippen LogP contribution in [0.25, 0.3) is 11.4 Å². The topological polar surface area (TPSA) is 106 Å². The zero-order valence-electron chi connectivity index (χ0n) is 17.6. The SMILES string of the molecule is COc1ccc(CCNC(=O)CCc2nnc(-c3cc(Cl)ccc3F)[nH]c2=O)cc1OC. The van der Waals surface area contributed by atoms with E-state index in [1.165, 1.54) is 18.2 Å². The van der Waals surface area contributed by atoms with Crippen LogP contribution in [0.15, 0.2) is 41.2 Å². The molecule has 2 N–H and O–H groups in total. The number of nitrogens with one attached hydrogen (secondary N) is 2. The van der Waals surface area contributed by atoms with Gasteiger partial charge in [0.1, 0.15) is 11.5 Å². The molecule has 3 rings (SSSR count). The van der Waals surface area contributed by atoms with E-state index in [0.29, 0.717) is 29.5 Å². The van der Waals surface area contributed by atoms with Crippen LogP contribution in [0.2, 0.25) is 5.02 Å². The molecule has 8 nitrogen and oxygen atoms in total. The van der Waals surface area contributed by atoms with E-state index in [9.17, 15) is 14.0 Å². The molecule has 0 fully saturated rings. The molecule has 32 heavy (non-hydrogen) atoms. The van der Waals surface area contributed by atoms with Crippen molar-refractivity contribution >= 4 is 17.5 Å². The van der Waals surface area contributed by atoms with Crippen molar-refractivity contribution < 1.29 is 18.7 Å². The van der Waals surface area contributed by atoms with Gasteiger partial charge < -0.3 is 19.8 Å². The Labute approximate surface area is 188 Å². The Morgan fingerprint density at radius 2 is 1.88 bits per heavy atom. The zero-order valence-corrected chi connectivity index (χ0v) is 18.3. The number of aromatic nitrogens is 3. The van der Waals surface area contributed by atoms with Gasteiger partial charge in [-0.25, -0.2) is 4.39 Å². The number of H-pyrrole nitrogens is 1. The van der Waals surface area contributed by atoms with Crippen LogP contribution in [0, 0.1) is 5.82 Å². The van der Waals surface area contributed by atoms with Crippen LogP contribution in [-0.4, -0.2) is 41.9 Å². The molecule has 10 heteroatoms. The summed E-state index contributed by atoms with van der Waals surface area (Å²) < 4.78 is 24.4. The van der Waals surface area contributed by atoms with Crippen molar-refractivity contribution in [3.05, 3.63) is 68.8 Å². The standard InChI is InChI=1S/C22H22ClFN4O4/c1-31-18-7-3-13(11-19(18)32-2)9-10-25-20(29)8-6-17-22(30)26-21(28-27-17)15-12-14(23)4-5-16(15)24/h3-5,7,11-12H,6,8-10H2,1-2H3,(H,25,29)(H,26,28,30). The van der Waals surface area contributed by atoms with E-state index in [2.05, 4.69) is 20.5 Å². The maximum absolute atomic E-state index is 13.9. The van der Waals surface area contributed by atoms with Gasteiger partial charge in [-0.1, -0.05) is 17.7 Å². The summed E-state index contributed by atoms with van der Waals surface area (Å²) in [4.78, 5) is 26.9. The Kier molecular flexibility index (Phi) is 7.77. The van der Waals surface area contributed by atoms with Gasteiger partial charge in [0.25, 0.3) is 5.56 Å². The van der Waals surface area contributed by atoms with Crippen LogP contribution in [0.4, 0.5) is 4.39 Å². The molecule has 0 unspecified atom stereocenters. The van der Waals surface area contributed by atoms with Gasteiger partial charge in [0, 0.05) is 24.4 Å². The molecule has 2 aromatic carbocycles. The molecule has 168 valence electrons. The highest BCUT2D eigenvalue weighted by molar-refractivity contribution is 6.30.